The number of amides is 3. The van der Waals surface area contributed by atoms with Crippen molar-refractivity contribution in [2.45, 2.75) is 26.1 Å². The zero-order chi connectivity index (χ0) is 23.2. The molecule has 0 saturated carbocycles. The molecule has 4 rings (SSSR count). The van der Waals surface area contributed by atoms with Gasteiger partial charge in [-0.25, -0.2) is 0 Å². The summed E-state index contributed by atoms with van der Waals surface area (Å²) in [5.74, 6) is -1.12. The molecule has 3 amide bonds. The molecule has 1 saturated heterocycles. The molecular weight excluding hydrogens is 414 g/mol. The van der Waals surface area contributed by atoms with E-state index < -0.39 is 11.8 Å². The highest BCUT2D eigenvalue weighted by Crippen LogP contribution is 2.16. The van der Waals surface area contributed by atoms with Crippen LogP contribution in [0.2, 0.25) is 0 Å². The van der Waals surface area contributed by atoms with Crippen LogP contribution >= 0.6 is 0 Å². The van der Waals surface area contributed by atoms with Crippen molar-refractivity contribution < 1.29 is 14.4 Å². The van der Waals surface area contributed by atoms with Gasteiger partial charge in [-0.1, -0.05) is 72.8 Å². The van der Waals surface area contributed by atoms with Gasteiger partial charge >= 0.3 is 11.8 Å². The molecule has 1 N–H and O–H groups in total. The van der Waals surface area contributed by atoms with Gasteiger partial charge in [-0.05, 0) is 35.7 Å². The van der Waals surface area contributed by atoms with Gasteiger partial charge in [0.15, 0.2) is 0 Å². The van der Waals surface area contributed by atoms with Crippen molar-refractivity contribution in [2.75, 3.05) is 13.1 Å². The second-order valence-electron chi connectivity index (χ2n) is 8.24. The average molecular weight is 442 g/mol. The molecule has 1 aliphatic rings. The predicted molar refractivity (Wildman–Crippen MR) is 126 cm³/mol. The van der Waals surface area contributed by atoms with E-state index in [-0.39, 0.29) is 11.9 Å². The number of piperazine rings is 1. The number of hydrogen-bond acceptors (Lipinski definition) is 3. The summed E-state index contributed by atoms with van der Waals surface area (Å²) in [6, 6.07) is 26.5. The second-order valence-corrected chi connectivity index (χ2v) is 8.24. The third-order valence-electron chi connectivity index (χ3n) is 5.85. The third kappa shape index (κ3) is 5.47. The Kier molecular flexibility index (Phi) is 6.83. The first-order valence-electron chi connectivity index (χ1n) is 11.1. The van der Waals surface area contributed by atoms with E-state index in [2.05, 4.69) is 5.32 Å². The molecule has 0 aromatic heterocycles. The summed E-state index contributed by atoms with van der Waals surface area (Å²) in [5.41, 5.74) is 3.47. The summed E-state index contributed by atoms with van der Waals surface area (Å²) in [5, 5.41) is 3.00. The van der Waals surface area contributed by atoms with Crippen molar-refractivity contribution in [3.05, 3.63) is 107 Å². The molecule has 6 nitrogen and oxygen atoms in total. The Labute approximate surface area is 193 Å². The summed E-state index contributed by atoms with van der Waals surface area (Å²) in [4.78, 5) is 41.0. The van der Waals surface area contributed by atoms with Crippen LogP contribution in [0, 0.1) is 0 Å². The van der Waals surface area contributed by atoms with E-state index in [1.165, 1.54) is 0 Å². The summed E-state index contributed by atoms with van der Waals surface area (Å²) in [6.07, 6.45) is 0. The number of carbonyl (C=O) groups excluding carboxylic acids is 3. The maximum atomic E-state index is 12.6. The van der Waals surface area contributed by atoms with Crippen molar-refractivity contribution in [1.29, 1.82) is 0 Å². The van der Waals surface area contributed by atoms with Gasteiger partial charge in [-0.2, -0.15) is 0 Å². The third-order valence-corrected chi connectivity index (χ3v) is 5.85. The van der Waals surface area contributed by atoms with Crippen LogP contribution in [-0.4, -0.2) is 40.6 Å². The summed E-state index contributed by atoms with van der Waals surface area (Å²) in [7, 11) is 0. The lowest BCUT2D eigenvalue weighted by Gasteiger charge is -2.33. The zero-order valence-electron chi connectivity index (χ0n) is 18.6. The first-order valence-corrected chi connectivity index (χ1v) is 11.1. The number of carbonyl (C=O) groups is 3. The summed E-state index contributed by atoms with van der Waals surface area (Å²) >= 11 is 0. The van der Waals surface area contributed by atoms with Crippen LogP contribution < -0.4 is 5.32 Å². The molecule has 1 fully saturated rings. The molecule has 6 heteroatoms. The fourth-order valence-electron chi connectivity index (χ4n) is 3.91. The molecule has 0 aliphatic carbocycles. The second kappa shape index (κ2) is 10.1. The van der Waals surface area contributed by atoms with Crippen molar-refractivity contribution in [2.24, 2.45) is 0 Å². The van der Waals surface area contributed by atoms with Crippen molar-refractivity contribution in [3.63, 3.8) is 0 Å². The van der Waals surface area contributed by atoms with E-state index in [4.69, 9.17) is 0 Å². The largest absolute Gasteiger partial charge is 0.346 e. The van der Waals surface area contributed by atoms with Crippen LogP contribution in [0.25, 0.3) is 0 Å². The van der Waals surface area contributed by atoms with Crippen LogP contribution in [0.5, 0.6) is 0 Å². The lowest BCUT2D eigenvalue weighted by molar-refractivity contribution is -0.156. The molecule has 0 unspecified atom stereocenters. The summed E-state index contributed by atoms with van der Waals surface area (Å²) < 4.78 is 0. The lowest BCUT2D eigenvalue weighted by Crippen LogP contribution is -2.53. The smallest absolute Gasteiger partial charge is 0.312 e. The molecule has 0 bridgehead atoms. The van der Waals surface area contributed by atoms with Crippen molar-refractivity contribution in [1.82, 2.24) is 15.1 Å². The van der Waals surface area contributed by atoms with Gasteiger partial charge < -0.3 is 15.1 Å². The first kappa shape index (κ1) is 22.3. The van der Waals surface area contributed by atoms with E-state index in [1.54, 1.807) is 21.9 Å². The fourth-order valence-corrected chi connectivity index (χ4v) is 3.91. The molecule has 0 radical (unpaired) electrons. The van der Waals surface area contributed by atoms with E-state index in [0.717, 1.165) is 16.7 Å². The van der Waals surface area contributed by atoms with E-state index in [0.29, 0.717) is 31.7 Å². The van der Waals surface area contributed by atoms with Crippen LogP contribution in [0.1, 0.15) is 40.0 Å². The Morgan fingerprint density at radius 3 is 1.79 bits per heavy atom. The number of hydrogen-bond donors (Lipinski definition) is 1. The minimum Gasteiger partial charge on any atom is -0.346 e. The Morgan fingerprint density at radius 2 is 1.24 bits per heavy atom. The number of rotatable bonds is 7. The molecule has 1 atom stereocenters. The molecule has 1 aliphatic heterocycles. The SMILES string of the molecule is C[C@@H](NC(=O)c1ccc(CN2CCN(Cc3ccccc3)C(=O)C2=O)cc1)c1ccccc1. The predicted octanol–water partition coefficient (Wildman–Crippen LogP) is 3.55. The van der Waals surface area contributed by atoms with Crippen molar-refractivity contribution >= 4 is 17.7 Å². The minimum atomic E-state index is -0.490. The standard InChI is InChI=1S/C27H27N3O3/c1-20(23-10-6-3-7-11-23)28-25(31)24-14-12-22(13-15-24)19-30-17-16-29(26(32)27(30)33)18-21-8-4-2-5-9-21/h2-15,20H,16-19H2,1H3,(H,28,31)/t20-/m1/s1. The maximum Gasteiger partial charge on any atom is 0.312 e. The topological polar surface area (TPSA) is 69.7 Å². The van der Waals surface area contributed by atoms with Gasteiger partial charge in [-0.3, -0.25) is 14.4 Å². The van der Waals surface area contributed by atoms with Crippen LogP contribution in [0.15, 0.2) is 84.9 Å². The van der Waals surface area contributed by atoms with E-state index in [9.17, 15) is 14.4 Å². The lowest BCUT2D eigenvalue weighted by atomic mass is 10.1. The molecular formula is C27H27N3O3. The Morgan fingerprint density at radius 1 is 0.758 bits per heavy atom. The highest BCUT2D eigenvalue weighted by molar-refractivity contribution is 6.35. The Balaban J connectivity index is 1.33. The molecule has 3 aromatic rings. The van der Waals surface area contributed by atoms with Gasteiger partial charge in [0, 0.05) is 31.7 Å². The number of nitrogens with zero attached hydrogens (tertiary/aromatic N) is 2. The zero-order valence-corrected chi connectivity index (χ0v) is 18.6. The van der Waals surface area contributed by atoms with E-state index in [1.807, 2.05) is 79.7 Å². The van der Waals surface area contributed by atoms with Crippen LogP contribution in [0.3, 0.4) is 0 Å². The van der Waals surface area contributed by atoms with Crippen LogP contribution in [0.4, 0.5) is 0 Å². The van der Waals surface area contributed by atoms with E-state index >= 15 is 0 Å². The minimum absolute atomic E-state index is 0.103. The number of nitrogens with one attached hydrogen (secondary N) is 1. The van der Waals surface area contributed by atoms with Crippen LogP contribution in [-0.2, 0) is 22.7 Å². The molecule has 0 spiro atoms. The highest BCUT2D eigenvalue weighted by atomic mass is 16.2. The quantitative estimate of drug-likeness (QED) is 0.570. The van der Waals surface area contributed by atoms with Gasteiger partial charge in [0.1, 0.15) is 0 Å². The Bertz CT molecular complexity index is 1110. The first-order chi connectivity index (χ1) is 16.0. The fraction of sp³-hybridized carbons (Fsp3) is 0.222. The highest BCUT2D eigenvalue weighted by Gasteiger charge is 2.32. The molecule has 3 aromatic carbocycles. The monoisotopic (exact) mass is 441 g/mol. The van der Waals surface area contributed by atoms with Gasteiger partial charge in [-0.15, -0.1) is 0 Å². The molecule has 168 valence electrons. The maximum absolute atomic E-state index is 12.6. The van der Waals surface area contributed by atoms with Gasteiger partial charge in [0.05, 0.1) is 6.04 Å². The van der Waals surface area contributed by atoms with Gasteiger partial charge in [0.2, 0.25) is 0 Å². The number of benzene rings is 3. The van der Waals surface area contributed by atoms with Crippen molar-refractivity contribution in [3.8, 4) is 0 Å². The summed E-state index contributed by atoms with van der Waals surface area (Å²) in [6.45, 7) is 3.70. The normalized spacial score (nSPS) is 14.8. The average Bonchev–Trinajstić information content (AvgIpc) is 2.85. The Hall–Kier alpha value is -3.93. The molecule has 33 heavy (non-hydrogen) atoms. The van der Waals surface area contributed by atoms with Gasteiger partial charge in [0.25, 0.3) is 5.91 Å². The molecule has 1 heterocycles.